The number of anilines is 1. The molecule has 1 unspecified atom stereocenters. The molecule has 1 aliphatic heterocycles. The Labute approximate surface area is 317 Å². The van der Waals surface area contributed by atoms with E-state index in [0.717, 1.165) is 59.4 Å². The number of hydrogen-bond donors (Lipinski definition) is 2. The van der Waals surface area contributed by atoms with Gasteiger partial charge in [0.1, 0.15) is 5.69 Å². The van der Waals surface area contributed by atoms with Crippen LogP contribution in [-0.4, -0.2) is 104 Å². The maximum absolute atomic E-state index is 12.6. The lowest BCUT2D eigenvalue weighted by atomic mass is 9.95. The summed E-state index contributed by atoms with van der Waals surface area (Å²) in [5.41, 5.74) is 5.34. The predicted octanol–water partition coefficient (Wildman–Crippen LogP) is 5.27. The Balaban J connectivity index is 1.00. The lowest BCUT2D eigenvalue weighted by Gasteiger charge is -2.27. The Morgan fingerprint density at radius 1 is 0.849 bits per heavy atom. The lowest BCUT2D eigenvalue weighted by Crippen LogP contribution is -2.29. The Morgan fingerprint density at radius 2 is 1.47 bits per heavy atom. The fraction of sp³-hybridized carbons (Fsp3) is 0.568. The van der Waals surface area contributed by atoms with Gasteiger partial charge in [0.05, 0.1) is 90.0 Å². The molecule has 16 heteroatoms. The van der Waals surface area contributed by atoms with E-state index < -0.39 is 6.72 Å². The molecule has 1 atom stereocenters. The average Bonchev–Trinajstić information content (AvgIpc) is 3.53. The number of unbranched alkanes of at least 4 members (excludes halogenated alkanes) is 3. The van der Waals surface area contributed by atoms with Crippen LogP contribution in [0.25, 0.3) is 22.5 Å². The number of carbonyl (C=O) groups excluding carboxylic acids is 2. The summed E-state index contributed by atoms with van der Waals surface area (Å²) in [7, 11) is 0. The molecular weight excluding hydrogens is 721 g/mol. The lowest BCUT2D eigenvalue weighted by molar-refractivity contribution is -0.122. The van der Waals surface area contributed by atoms with Crippen molar-refractivity contribution in [1.82, 2.24) is 20.3 Å². The second-order valence-electron chi connectivity index (χ2n) is 12.7. The van der Waals surface area contributed by atoms with Crippen molar-refractivity contribution in [1.29, 1.82) is 0 Å². The van der Waals surface area contributed by atoms with Crippen molar-refractivity contribution in [2.75, 3.05) is 70.9 Å². The number of hydrogen-bond acceptors (Lipinski definition) is 11. The molecule has 14 nitrogen and oxygen atoms in total. The summed E-state index contributed by atoms with van der Waals surface area (Å²) in [6.07, 6.45) is 3.62. The smallest absolute Gasteiger partial charge is 0.324 e. The van der Waals surface area contributed by atoms with Crippen LogP contribution in [0.3, 0.4) is 0 Å². The number of rotatable bonds is 25. The van der Waals surface area contributed by atoms with Crippen LogP contribution in [0.5, 0.6) is 0 Å². The fourth-order valence-electron chi connectivity index (χ4n) is 5.70. The molecule has 1 aromatic heterocycles. The van der Waals surface area contributed by atoms with Crippen LogP contribution in [0, 0.1) is 0 Å². The zero-order valence-electron chi connectivity index (χ0n) is 31.1. The number of aromatic nitrogens is 3. The third kappa shape index (κ3) is 14.6. The minimum absolute atomic E-state index is 0.0316. The minimum Gasteiger partial charge on any atom is -0.379 e. The normalized spacial score (nSPS) is 13.5. The molecule has 0 radical (unpaired) electrons. The number of nitrogens with one attached hydrogen (secondary N) is 1. The fourth-order valence-corrected chi connectivity index (χ4v) is 7.40. The molecule has 3 aromatic rings. The molecule has 0 saturated carbocycles. The highest BCUT2D eigenvalue weighted by Gasteiger charge is 2.27. The number of carbonyl (C=O) groups is 2. The second-order valence-corrected chi connectivity index (χ2v) is 15.5. The Hall–Kier alpha value is -3.11. The molecule has 292 valence electrons. The molecule has 0 aliphatic carbocycles. The van der Waals surface area contributed by atoms with Crippen molar-refractivity contribution in [2.24, 2.45) is 0 Å². The van der Waals surface area contributed by atoms with Crippen LogP contribution in [0.2, 0.25) is 0 Å². The van der Waals surface area contributed by atoms with Crippen LogP contribution < -0.4 is 10.2 Å². The third-order valence-corrected chi connectivity index (χ3v) is 9.97. The first-order chi connectivity index (χ1) is 25.7. The Morgan fingerprint density at radius 3 is 2.17 bits per heavy atom. The van der Waals surface area contributed by atoms with Gasteiger partial charge in [-0.05, 0) is 50.1 Å². The molecule has 0 saturated heterocycles. The zero-order chi connectivity index (χ0) is 37.9. The van der Waals surface area contributed by atoms with E-state index in [9.17, 15) is 14.5 Å². The van der Waals surface area contributed by atoms with Crippen molar-refractivity contribution in [2.45, 2.75) is 72.1 Å². The van der Waals surface area contributed by atoms with Crippen molar-refractivity contribution >= 4 is 36.0 Å². The van der Waals surface area contributed by atoms with E-state index in [1.54, 1.807) is 25.7 Å². The summed E-state index contributed by atoms with van der Waals surface area (Å²) in [6.45, 7) is 7.32. The molecule has 1 aliphatic rings. The number of ether oxygens (including phenoxy) is 4. The summed E-state index contributed by atoms with van der Waals surface area (Å²) in [5.74, 6) is -0.0719. The average molecular weight is 776 g/mol. The monoisotopic (exact) mass is 775 g/mol. The predicted molar refractivity (Wildman–Crippen MR) is 206 cm³/mol. The molecular formula is C37H54N5O9PS. The van der Waals surface area contributed by atoms with E-state index >= 15 is 0 Å². The highest BCUT2D eigenvalue weighted by atomic mass is 32.5. The van der Waals surface area contributed by atoms with Gasteiger partial charge in [0.15, 0.2) is 0 Å². The van der Waals surface area contributed by atoms with Crippen LogP contribution in [-0.2, 0) is 62.5 Å². The minimum atomic E-state index is -3.14. The zero-order valence-corrected chi connectivity index (χ0v) is 32.8. The van der Waals surface area contributed by atoms with E-state index in [2.05, 4.69) is 15.6 Å². The number of para-hydroxylation sites is 1. The standard InChI is InChI=1S/C37H54N5O9PS/c1-29(2)51-52(45,53)50-19-11-5-4-10-17-38-35(44)16-20-46-22-24-48-26-27-49-25-23-47-21-18-42-37-32-13-7-6-12-31(32)28-41(30(3)43)34-15-9-8-14-33(34)36(37)39-40-42/h6-9,12-15,29H,4-5,10-11,16-28H2,1-3H3,(H,38,44)(H,45,53). The summed E-state index contributed by atoms with van der Waals surface area (Å²) in [6, 6.07) is 15.9. The molecule has 0 spiro atoms. The second kappa shape index (κ2) is 23.0. The summed E-state index contributed by atoms with van der Waals surface area (Å²) in [4.78, 5) is 36.3. The first-order valence-corrected chi connectivity index (χ1v) is 20.9. The molecule has 2 amide bonds. The van der Waals surface area contributed by atoms with Gasteiger partial charge >= 0.3 is 6.72 Å². The SMILES string of the molecule is CC(=O)N1Cc2ccccc2-c2c(nnn2CCOCCOCCOCCOCCC(=O)NCCCCCCOP(O)(=S)OC(C)C)-c2ccccc21. The van der Waals surface area contributed by atoms with Gasteiger partial charge in [0.2, 0.25) is 11.8 Å². The highest BCUT2D eigenvalue weighted by Crippen LogP contribution is 2.45. The number of amides is 2. The number of nitrogens with zero attached hydrogens (tertiary/aromatic N) is 4. The maximum Gasteiger partial charge on any atom is 0.324 e. The third-order valence-electron chi connectivity index (χ3n) is 8.19. The van der Waals surface area contributed by atoms with Gasteiger partial charge < -0.3 is 43.1 Å². The van der Waals surface area contributed by atoms with E-state index in [1.807, 2.05) is 53.2 Å². The highest BCUT2D eigenvalue weighted by molar-refractivity contribution is 8.07. The van der Waals surface area contributed by atoms with Crippen molar-refractivity contribution < 1.29 is 42.5 Å². The van der Waals surface area contributed by atoms with Crippen LogP contribution >= 0.6 is 6.72 Å². The van der Waals surface area contributed by atoms with Gasteiger partial charge in [-0.25, -0.2) is 4.68 Å². The van der Waals surface area contributed by atoms with Crippen LogP contribution in [0.1, 0.15) is 58.4 Å². The first-order valence-electron chi connectivity index (χ1n) is 18.3. The number of benzene rings is 2. The molecule has 4 rings (SSSR count). The Bertz CT molecular complexity index is 1620. The molecule has 2 N–H and O–H groups in total. The Kier molecular flexibility index (Phi) is 18.5. The van der Waals surface area contributed by atoms with Gasteiger partial charge in [-0.2, -0.15) is 0 Å². The van der Waals surface area contributed by atoms with Gasteiger partial charge in [0.25, 0.3) is 0 Å². The van der Waals surface area contributed by atoms with Crippen molar-refractivity contribution in [3.8, 4) is 22.5 Å². The molecule has 0 bridgehead atoms. The van der Waals surface area contributed by atoms with E-state index in [0.29, 0.717) is 85.5 Å². The van der Waals surface area contributed by atoms with Gasteiger partial charge in [-0.15, -0.1) is 5.10 Å². The van der Waals surface area contributed by atoms with Crippen molar-refractivity contribution in [3.63, 3.8) is 0 Å². The van der Waals surface area contributed by atoms with E-state index in [1.165, 1.54) is 0 Å². The summed E-state index contributed by atoms with van der Waals surface area (Å²) in [5, 5.41) is 11.9. The van der Waals surface area contributed by atoms with Gasteiger partial charge in [-0.1, -0.05) is 60.5 Å². The van der Waals surface area contributed by atoms with E-state index in [-0.39, 0.29) is 17.9 Å². The molecule has 0 fully saturated rings. The van der Waals surface area contributed by atoms with Crippen molar-refractivity contribution in [3.05, 3.63) is 54.1 Å². The summed E-state index contributed by atoms with van der Waals surface area (Å²) >= 11 is 4.95. The molecule has 2 aromatic carbocycles. The number of fused-ring (bicyclic) bond motifs is 5. The van der Waals surface area contributed by atoms with Gasteiger partial charge in [-0.3, -0.25) is 9.59 Å². The van der Waals surface area contributed by atoms with E-state index in [4.69, 9.17) is 39.8 Å². The largest absolute Gasteiger partial charge is 0.379 e. The molecule has 2 heterocycles. The first kappa shape index (κ1) is 42.6. The van der Waals surface area contributed by atoms with Crippen LogP contribution in [0.15, 0.2) is 48.5 Å². The van der Waals surface area contributed by atoms with Gasteiger partial charge in [0, 0.05) is 31.0 Å². The summed E-state index contributed by atoms with van der Waals surface area (Å²) < 4.78 is 34.9. The topological polar surface area (TPSA) is 156 Å². The quantitative estimate of drug-likeness (QED) is 0.0851. The maximum atomic E-state index is 12.6. The van der Waals surface area contributed by atoms with Crippen LogP contribution in [0.4, 0.5) is 5.69 Å². The molecule has 53 heavy (non-hydrogen) atoms.